The third-order valence-electron chi connectivity index (χ3n) is 6.13. The molecule has 1 N–H and O–H groups in total. The Labute approximate surface area is 234 Å². The maximum absolute atomic E-state index is 15.3. The second kappa shape index (κ2) is 14.9. The van der Waals surface area contributed by atoms with Crippen molar-refractivity contribution in [3.63, 3.8) is 0 Å². The molecule has 39 heavy (non-hydrogen) atoms. The van der Waals surface area contributed by atoms with Crippen LogP contribution in [0.4, 0.5) is 0 Å². The Morgan fingerprint density at radius 2 is 1.13 bits per heavy atom. The summed E-state index contributed by atoms with van der Waals surface area (Å²) >= 11 is 0. The molecule has 6 nitrogen and oxygen atoms in total. The van der Waals surface area contributed by atoms with Gasteiger partial charge in [0.15, 0.2) is 0 Å². The van der Waals surface area contributed by atoms with E-state index in [9.17, 15) is 9.46 Å². The average molecular weight is 591 g/mol. The van der Waals surface area contributed by atoms with Crippen LogP contribution >= 0.6 is 23.1 Å². The van der Waals surface area contributed by atoms with Crippen LogP contribution in [-0.2, 0) is 22.7 Å². The third kappa shape index (κ3) is 8.44. The molecule has 0 aromatic heterocycles. The largest absolute Gasteiger partial charge is 0.346 e. The molecule has 1 unspecified atom stereocenters. The van der Waals surface area contributed by atoms with Crippen molar-refractivity contribution in [3.8, 4) is 0 Å². The van der Waals surface area contributed by atoms with Crippen LogP contribution in [0.3, 0.4) is 0 Å². The van der Waals surface area contributed by atoms with Gasteiger partial charge in [0.1, 0.15) is 11.7 Å². The Balaban J connectivity index is 2.14. The highest BCUT2D eigenvalue weighted by molar-refractivity contribution is 7.71. The Kier molecular flexibility index (Phi) is 12.2. The molecule has 0 saturated carbocycles. The molecule has 0 aliphatic carbocycles. The molecule has 0 amide bonds. The van der Waals surface area contributed by atoms with Crippen molar-refractivity contribution >= 4 is 39.0 Å². The summed E-state index contributed by atoms with van der Waals surface area (Å²) in [7, 11) is -9.58. The summed E-state index contributed by atoms with van der Waals surface area (Å²) < 4.78 is 48.9. The smallest absolute Gasteiger partial charge is 0.261 e. The molecule has 3 aromatic carbocycles. The van der Waals surface area contributed by atoms with Crippen LogP contribution in [0.15, 0.2) is 91.0 Å². The number of hydrogen-bond donors (Lipinski definition) is 1. The zero-order chi connectivity index (χ0) is 28.5. The lowest BCUT2D eigenvalue weighted by atomic mass is 10.1. The molecular formula is C30H41O6P3. The Morgan fingerprint density at radius 3 is 1.59 bits per heavy atom. The minimum atomic E-state index is -3.88. The molecular weight excluding hydrogens is 549 g/mol. The Hall–Kier alpha value is -1.61. The highest BCUT2D eigenvalue weighted by atomic mass is 31.2. The molecule has 0 heterocycles. The van der Waals surface area contributed by atoms with E-state index in [2.05, 4.69) is 0 Å². The molecule has 0 saturated heterocycles. The van der Waals surface area contributed by atoms with Crippen molar-refractivity contribution in [1.82, 2.24) is 0 Å². The minimum absolute atomic E-state index is 0.0838. The number of hydrogen-bond acceptors (Lipinski definition) is 6. The van der Waals surface area contributed by atoms with Gasteiger partial charge in [-0.3, -0.25) is 9.13 Å². The van der Waals surface area contributed by atoms with E-state index in [0.717, 1.165) is 0 Å². The molecule has 3 aromatic rings. The standard InChI is InChI=1S/C30H41O6P3/c1-6-34-38(32,27-18-12-8-13-19-27)30(23-25(4)5)36-39(33,28-20-14-9-15-21-28)29(22-24(2)3)35-37(31)26-16-10-7-11-17-26/h7-21,24-25,29-31H,6,22-23H2,1-5H3/t29-,30+,37?,38+,39-/m0/s1. The van der Waals surface area contributed by atoms with E-state index in [1.54, 1.807) is 55.5 Å². The van der Waals surface area contributed by atoms with Gasteiger partial charge in [0.2, 0.25) is 8.38 Å². The topological polar surface area (TPSA) is 82.1 Å². The van der Waals surface area contributed by atoms with Crippen molar-refractivity contribution in [2.75, 3.05) is 6.61 Å². The van der Waals surface area contributed by atoms with E-state index in [-0.39, 0.29) is 18.4 Å². The van der Waals surface area contributed by atoms with Crippen molar-refractivity contribution in [1.29, 1.82) is 0 Å². The average Bonchev–Trinajstić information content (AvgIpc) is 2.93. The second-order valence-corrected chi connectivity index (χ2v) is 16.6. The fraction of sp³-hybridized carbons (Fsp3) is 0.400. The van der Waals surface area contributed by atoms with Crippen LogP contribution in [-0.4, -0.2) is 23.2 Å². The molecule has 0 spiro atoms. The van der Waals surface area contributed by atoms with Gasteiger partial charge in [0, 0.05) is 15.9 Å². The Bertz CT molecular complexity index is 1220. The first-order chi connectivity index (χ1) is 18.6. The summed E-state index contributed by atoms with van der Waals surface area (Å²) in [6.07, 6.45) is 0.737. The van der Waals surface area contributed by atoms with Crippen LogP contribution < -0.4 is 15.9 Å². The van der Waals surface area contributed by atoms with Gasteiger partial charge < -0.3 is 18.5 Å². The summed E-state index contributed by atoms with van der Waals surface area (Å²) in [6, 6.07) is 27.0. The molecule has 3 rings (SSSR count). The predicted molar refractivity (Wildman–Crippen MR) is 163 cm³/mol. The van der Waals surface area contributed by atoms with Gasteiger partial charge in [-0.25, -0.2) is 0 Å². The fourth-order valence-electron chi connectivity index (χ4n) is 4.29. The summed E-state index contributed by atoms with van der Waals surface area (Å²) in [4.78, 5) is 11.1. The van der Waals surface area contributed by atoms with Crippen LogP contribution in [0.1, 0.15) is 47.5 Å². The lowest BCUT2D eigenvalue weighted by molar-refractivity contribution is 0.180. The van der Waals surface area contributed by atoms with E-state index in [0.29, 0.717) is 28.8 Å². The van der Waals surface area contributed by atoms with Crippen molar-refractivity contribution < 1.29 is 27.6 Å². The van der Waals surface area contributed by atoms with Gasteiger partial charge in [0.25, 0.3) is 14.7 Å². The van der Waals surface area contributed by atoms with Crippen LogP contribution in [0.5, 0.6) is 0 Å². The van der Waals surface area contributed by atoms with Crippen LogP contribution in [0, 0.1) is 11.8 Å². The fourth-order valence-corrected chi connectivity index (χ4v) is 11.5. The molecule has 0 aliphatic heterocycles. The maximum atomic E-state index is 15.3. The highest BCUT2D eigenvalue weighted by Gasteiger charge is 2.47. The van der Waals surface area contributed by atoms with Crippen LogP contribution in [0.2, 0.25) is 0 Å². The molecule has 9 heteroatoms. The lowest BCUT2D eigenvalue weighted by Crippen LogP contribution is -2.30. The van der Waals surface area contributed by atoms with E-state index < -0.39 is 34.8 Å². The highest BCUT2D eigenvalue weighted by Crippen LogP contribution is 2.64. The molecule has 0 bridgehead atoms. The quantitative estimate of drug-likeness (QED) is 0.183. The molecule has 0 fully saturated rings. The van der Waals surface area contributed by atoms with Gasteiger partial charge in [-0.05, 0) is 68.0 Å². The van der Waals surface area contributed by atoms with Gasteiger partial charge in [0.05, 0.1) is 6.61 Å². The molecule has 0 radical (unpaired) electrons. The number of rotatable bonds is 15. The van der Waals surface area contributed by atoms with Gasteiger partial charge >= 0.3 is 0 Å². The monoisotopic (exact) mass is 590 g/mol. The minimum Gasteiger partial charge on any atom is -0.346 e. The summed E-state index contributed by atoms with van der Waals surface area (Å²) in [6.45, 7) is 10.0. The zero-order valence-electron chi connectivity index (χ0n) is 23.4. The summed E-state index contributed by atoms with van der Waals surface area (Å²) in [5.41, 5.74) is 0. The first kappa shape index (κ1) is 31.9. The third-order valence-corrected chi connectivity index (χ3v) is 13.1. The van der Waals surface area contributed by atoms with E-state index in [4.69, 9.17) is 13.6 Å². The Morgan fingerprint density at radius 1 is 0.692 bits per heavy atom. The van der Waals surface area contributed by atoms with Crippen molar-refractivity contribution in [2.24, 2.45) is 11.8 Å². The van der Waals surface area contributed by atoms with E-state index >= 15 is 4.57 Å². The van der Waals surface area contributed by atoms with Crippen LogP contribution in [0.25, 0.3) is 0 Å². The molecule has 212 valence electrons. The first-order valence-electron chi connectivity index (χ1n) is 13.4. The number of benzene rings is 3. The van der Waals surface area contributed by atoms with Gasteiger partial charge in [-0.2, -0.15) is 0 Å². The first-order valence-corrected chi connectivity index (χ1v) is 18.0. The van der Waals surface area contributed by atoms with Gasteiger partial charge in [-0.1, -0.05) is 82.3 Å². The van der Waals surface area contributed by atoms with Crippen molar-refractivity contribution in [3.05, 3.63) is 91.0 Å². The van der Waals surface area contributed by atoms with E-state index in [1.165, 1.54) is 0 Å². The predicted octanol–water partition coefficient (Wildman–Crippen LogP) is 7.64. The van der Waals surface area contributed by atoms with E-state index in [1.807, 2.05) is 70.2 Å². The molecule has 5 atom stereocenters. The zero-order valence-corrected chi connectivity index (χ0v) is 26.1. The molecule has 0 aliphatic rings. The summed E-state index contributed by atoms with van der Waals surface area (Å²) in [5, 5.41) is 1.59. The summed E-state index contributed by atoms with van der Waals surface area (Å²) in [5.74, 6) is -1.77. The maximum Gasteiger partial charge on any atom is 0.261 e. The second-order valence-electron chi connectivity index (χ2n) is 10.3. The van der Waals surface area contributed by atoms with Crippen molar-refractivity contribution in [2.45, 2.75) is 59.2 Å². The SMILES string of the molecule is CCO[P@](=O)(c1ccccc1)[C@H](CC(C)C)O[P@@](=O)(c1ccccc1)[C@@H](CC(C)C)OP(O)c1ccccc1. The van der Waals surface area contributed by atoms with Gasteiger partial charge in [-0.15, -0.1) is 0 Å². The lowest BCUT2D eigenvalue weighted by Gasteiger charge is -2.36. The normalized spacial score (nSPS) is 17.3.